The number of aromatic nitrogens is 1. The minimum atomic E-state index is -0.331. The number of rotatable bonds is 0. The normalized spacial score (nSPS) is 13.4. The largest absolute Gasteiger partial charge is 0.507 e. The molecule has 20 heavy (non-hydrogen) atoms. The molecule has 0 amide bonds. The lowest BCUT2D eigenvalue weighted by Gasteiger charge is -2.18. The fraction of sp³-hybridized carbons (Fsp3) is 0. The molecule has 1 aromatic heterocycles. The minimum Gasteiger partial charge on any atom is -0.507 e. The van der Waals surface area contributed by atoms with Gasteiger partial charge in [0.15, 0.2) is 11.6 Å². The second-order valence-electron chi connectivity index (χ2n) is 4.58. The van der Waals surface area contributed by atoms with Crippen LogP contribution in [-0.2, 0) is 0 Å². The van der Waals surface area contributed by atoms with Crippen LogP contribution in [0.2, 0.25) is 0 Å². The maximum absolute atomic E-state index is 12.5. The van der Waals surface area contributed by atoms with Crippen molar-refractivity contribution >= 4 is 33.1 Å². The summed E-state index contributed by atoms with van der Waals surface area (Å²) in [6.45, 7) is 0. The summed E-state index contributed by atoms with van der Waals surface area (Å²) < 4.78 is 0.869. The molecule has 4 nitrogen and oxygen atoms in total. The van der Waals surface area contributed by atoms with E-state index in [9.17, 15) is 14.7 Å². The van der Waals surface area contributed by atoms with Crippen LogP contribution in [0.1, 0.15) is 31.8 Å². The van der Waals surface area contributed by atoms with Crippen LogP contribution in [0.25, 0.3) is 10.2 Å². The Balaban J connectivity index is 2.10. The zero-order valence-electron chi connectivity index (χ0n) is 10.1. The fourth-order valence-electron chi connectivity index (χ4n) is 2.53. The first-order chi connectivity index (χ1) is 9.66. The summed E-state index contributed by atoms with van der Waals surface area (Å²) in [5.74, 6) is -0.728. The Morgan fingerprint density at radius 1 is 1.00 bits per heavy atom. The molecule has 0 radical (unpaired) electrons. The summed E-state index contributed by atoms with van der Waals surface area (Å²) in [4.78, 5) is 29.2. The first-order valence-corrected chi connectivity index (χ1v) is 6.83. The zero-order chi connectivity index (χ0) is 13.9. The average Bonchev–Trinajstić information content (AvgIpc) is 2.90. The molecule has 1 aliphatic rings. The number of thiazole rings is 1. The number of benzene rings is 2. The Labute approximate surface area is 117 Å². The van der Waals surface area contributed by atoms with Crippen molar-refractivity contribution in [2.45, 2.75) is 0 Å². The molecule has 1 aliphatic carbocycles. The molecule has 1 heterocycles. The van der Waals surface area contributed by atoms with Gasteiger partial charge in [-0.1, -0.05) is 12.1 Å². The Morgan fingerprint density at radius 2 is 1.80 bits per heavy atom. The van der Waals surface area contributed by atoms with Gasteiger partial charge in [0.25, 0.3) is 0 Å². The topological polar surface area (TPSA) is 67.3 Å². The van der Waals surface area contributed by atoms with Gasteiger partial charge in [-0.15, -0.1) is 11.3 Å². The minimum absolute atomic E-state index is 0.0829. The number of phenols is 1. The number of fused-ring (bicyclic) bond motifs is 3. The SMILES string of the molecule is O=C1c2cc3scnc3cc2C(=O)c2c(O)cccc21. The number of ketones is 2. The van der Waals surface area contributed by atoms with Crippen LogP contribution in [0.15, 0.2) is 35.8 Å². The third kappa shape index (κ3) is 1.32. The van der Waals surface area contributed by atoms with E-state index in [4.69, 9.17) is 0 Å². The van der Waals surface area contributed by atoms with E-state index in [-0.39, 0.29) is 28.4 Å². The summed E-state index contributed by atoms with van der Waals surface area (Å²) in [5, 5.41) is 9.86. The number of carbonyl (C=O) groups is 2. The molecule has 0 aliphatic heterocycles. The van der Waals surface area contributed by atoms with Gasteiger partial charge in [-0.3, -0.25) is 9.59 Å². The van der Waals surface area contributed by atoms with Crippen molar-refractivity contribution in [2.24, 2.45) is 0 Å². The van der Waals surface area contributed by atoms with Crippen LogP contribution < -0.4 is 0 Å². The summed E-state index contributed by atoms with van der Waals surface area (Å²) in [7, 11) is 0. The lowest BCUT2D eigenvalue weighted by atomic mass is 9.83. The lowest BCUT2D eigenvalue weighted by molar-refractivity contribution is 0.0977. The van der Waals surface area contributed by atoms with E-state index in [2.05, 4.69) is 4.98 Å². The van der Waals surface area contributed by atoms with E-state index in [1.807, 2.05) is 0 Å². The Kier molecular flexibility index (Phi) is 2.11. The number of hydrogen-bond acceptors (Lipinski definition) is 5. The molecule has 0 spiro atoms. The van der Waals surface area contributed by atoms with Gasteiger partial charge >= 0.3 is 0 Å². The zero-order valence-corrected chi connectivity index (χ0v) is 10.9. The van der Waals surface area contributed by atoms with Crippen molar-refractivity contribution in [1.29, 1.82) is 0 Å². The number of phenolic OH excluding ortho intramolecular Hbond substituents is 1. The quantitative estimate of drug-likeness (QED) is 0.538. The number of aromatic hydroxyl groups is 1. The van der Waals surface area contributed by atoms with Crippen molar-refractivity contribution in [3.63, 3.8) is 0 Å². The molecule has 0 atom stereocenters. The van der Waals surface area contributed by atoms with Crippen molar-refractivity contribution in [3.05, 3.63) is 58.1 Å². The molecule has 0 fully saturated rings. The van der Waals surface area contributed by atoms with Crippen LogP contribution in [0.5, 0.6) is 5.75 Å². The molecule has 4 rings (SSSR count). The Morgan fingerprint density at radius 3 is 2.65 bits per heavy atom. The maximum Gasteiger partial charge on any atom is 0.198 e. The third-order valence-electron chi connectivity index (χ3n) is 3.47. The summed E-state index contributed by atoms with van der Waals surface area (Å²) in [5.41, 5.74) is 3.39. The first kappa shape index (κ1) is 11.3. The predicted molar refractivity (Wildman–Crippen MR) is 74.6 cm³/mol. The molecule has 0 saturated carbocycles. The van der Waals surface area contributed by atoms with Crippen molar-refractivity contribution in [2.75, 3.05) is 0 Å². The van der Waals surface area contributed by atoms with Gasteiger partial charge in [0.05, 0.1) is 21.3 Å². The van der Waals surface area contributed by atoms with Crippen molar-refractivity contribution in [1.82, 2.24) is 4.98 Å². The van der Waals surface area contributed by atoms with Crippen LogP contribution in [-0.4, -0.2) is 21.7 Å². The van der Waals surface area contributed by atoms with E-state index in [0.717, 1.165) is 4.70 Å². The molecular weight excluding hydrogens is 274 g/mol. The standard InChI is InChI=1S/C15H7NO3S/c17-11-3-1-2-7-13(11)15(19)8-4-10-12(20-6-16-10)5-9(8)14(7)18/h1-6,17H. The fourth-order valence-corrected chi connectivity index (χ4v) is 3.23. The van der Waals surface area contributed by atoms with Crippen LogP contribution in [0, 0.1) is 0 Å². The smallest absolute Gasteiger partial charge is 0.198 e. The van der Waals surface area contributed by atoms with Crippen molar-refractivity contribution < 1.29 is 14.7 Å². The number of nitrogens with zero attached hydrogens (tertiary/aromatic N) is 1. The van der Waals surface area contributed by atoms with Gasteiger partial charge in [-0.25, -0.2) is 4.98 Å². The number of hydrogen-bond donors (Lipinski definition) is 1. The molecule has 0 saturated heterocycles. The van der Waals surface area contributed by atoms with E-state index in [1.54, 1.807) is 29.8 Å². The van der Waals surface area contributed by atoms with Gasteiger partial charge < -0.3 is 5.11 Å². The van der Waals surface area contributed by atoms with Gasteiger partial charge in [0.2, 0.25) is 0 Å². The van der Waals surface area contributed by atoms with Gasteiger partial charge in [-0.2, -0.15) is 0 Å². The van der Waals surface area contributed by atoms with Crippen molar-refractivity contribution in [3.8, 4) is 5.75 Å². The summed E-state index contributed by atoms with van der Waals surface area (Å²) in [6, 6.07) is 7.87. The first-order valence-electron chi connectivity index (χ1n) is 5.95. The molecule has 96 valence electrons. The lowest BCUT2D eigenvalue weighted by Crippen LogP contribution is -2.20. The highest BCUT2D eigenvalue weighted by Gasteiger charge is 2.32. The maximum atomic E-state index is 12.5. The van der Waals surface area contributed by atoms with Crippen LogP contribution in [0.4, 0.5) is 0 Å². The molecular formula is C15H7NO3S. The highest BCUT2D eigenvalue weighted by Crippen LogP contribution is 2.34. The summed E-state index contributed by atoms with van der Waals surface area (Å²) >= 11 is 1.42. The van der Waals surface area contributed by atoms with Crippen LogP contribution in [0.3, 0.4) is 0 Å². The molecule has 1 N–H and O–H groups in total. The van der Waals surface area contributed by atoms with E-state index in [0.29, 0.717) is 16.6 Å². The van der Waals surface area contributed by atoms with E-state index in [1.165, 1.54) is 17.4 Å². The molecule has 0 bridgehead atoms. The van der Waals surface area contributed by atoms with E-state index < -0.39 is 0 Å². The molecule has 2 aromatic carbocycles. The van der Waals surface area contributed by atoms with Gasteiger partial charge in [0, 0.05) is 16.7 Å². The second kappa shape index (κ2) is 3.74. The third-order valence-corrected chi connectivity index (χ3v) is 4.27. The second-order valence-corrected chi connectivity index (χ2v) is 5.46. The van der Waals surface area contributed by atoms with E-state index >= 15 is 0 Å². The summed E-state index contributed by atoms with van der Waals surface area (Å²) in [6.07, 6.45) is 0. The average molecular weight is 281 g/mol. The monoisotopic (exact) mass is 281 g/mol. The Bertz CT molecular complexity index is 911. The molecule has 0 unspecified atom stereocenters. The highest BCUT2D eigenvalue weighted by atomic mass is 32.1. The van der Waals surface area contributed by atoms with Crippen LogP contribution >= 0.6 is 11.3 Å². The molecule has 5 heteroatoms. The Hall–Kier alpha value is -2.53. The predicted octanol–water partition coefficient (Wildman–Crippen LogP) is 2.78. The number of carbonyl (C=O) groups excluding carboxylic acids is 2. The van der Waals surface area contributed by atoms with Gasteiger partial charge in [-0.05, 0) is 18.2 Å². The highest BCUT2D eigenvalue weighted by molar-refractivity contribution is 7.16. The molecule has 3 aromatic rings. The van der Waals surface area contributed by atoms with Gasteiger partial charge in [0.1, 0.15) is 5.75 Å².